The van der Waals surface area contributed by atoms with Gasteiger partial charge in [-0.15, -0.1) is 13.2 Å². The Hall–Kier alpha value is -2.31. The monoisotopic (exact) mass is 260 g/mol. The number of carboxylic acids is 1. The normalized spacial score (nSPS) is 11.5. The third-order valence-corrected chi connectivity index (χ3v) is 1.75. The summed E-state index contributed by atoms with van der Waals surface area (Å²) in [5.74, 6) is -2.38. The number of allylic oxidation sites excluding steroid dienone is 1. The lowest BCUT2D eigenvalue weighted by atomic mass is 10.1. The first-order valence-corrected chi connectivity index (χ1v) is 4.59. The van der Waals surface area contributed by atoms with Crippen LogP contribution >= 0.6 is 0 Å². The molecule has 0 aromatic heterocycles. The van der Waals surface area contributed by atoms with Crippen molar-refractivity contribution in [2.24, 2.45) is 0 Å². The molecule has 1 rings (SSSR count). The van der Waals surface area contributed by atoms with Crippen LogP contribution in [-0.2, 0) is 4.79 Å². The molecule has 0 fully saturated rings. The number of ether oxygens (including phenoxy) is 1. The quantitative estimate of drug-likeness (QED) is 0.667. The second-order valence-corrected chi connectivity index (χ2v) is 3.11. The highest BCUT2D eigenvalue weighted by Gasteiger charge is 2.30. The van der Waals surface area contributed by atoms with Crippen LogP contribution < -0.4 is 4.74 Å². The minimum atomic E-state index is -4.80. The van der Waals surface area contributed by atoms with E-state index in [4.69, 9.17) is 5.11 Å². The average molecular weight is 260 g/mol. The third-order valence-electron chi connectivity index (χ3n) is 1.75. The Morgan fingerprint density at radius 3 is 2.11 bits per heavy atom. The lowest BCUT2D eigenvalue weighted by molar-refractivity contribution is -0.274. The number of alkyl halides is 3. The number of carbonyl (C=O) groups is 2. The Morgan fingerprint density at radius 1 is 1.11 bits per heavy atom. The van der Waals surface area contributed by atoms with Gasteiger partial charge in [-0.3, -0.25) is 4.79 Å². The van der Waals surface area contributed by atoms with Crippen molar-refractivity contribution in [3.8, 4) is 5.75 Å². The van der Waals surface area contributed by atoms with Crippen molar-refractivity contribution in [3.63, 3.8) is 0 Å². The standard InChI is InChI=1S/C11H7F3O4/c12-11(13,14)18-8-3-1-7(2-4-8)9(15)5-6-10(16)17/h1-6H,(H,16,17). The molecule has 1 N–H and O–H groups in total. The molecule has 0 amide bonds. The van der Waals surface area contributed by atoms with E-state index in [0.29, 0.717) is 6.08 Å². The zero-order valence-electron chi connectivity index (χ0n) is 8.77. The molecule has 0 spiro atoms. The largest absolute Gasteiger partial charge is 0.573 e. The Kier molecular flexibility index (Phi) is 4.09. The summed E-state index contributed by atoms with van der Waals surface area (Å²) >= 11 is 0. The second-order valence-electron chi connectivity index (χ2n) is 3.11. The maximum atomic E-state index is 11.8. The van der Waals surface area contributed by atoms with Crippen LogP contribution in [-0.4, -0.2) is 23.2 Å². The third kappa shape index (κ3) is 4.69. The van der Waals surface area contributed by atoms with Gasteiger partial charge in [0.2, 0.25) is 0 Å². The van der Waals surface area contributed by atoms with E-state index in [9.17, 15) is 22.8 Å². The Balaban J connectivity index is 2.77. The van der Waals surface area contributed by atoms with Crippen LogP contribution in [0.5, 0.6) is 5.75 Å². The lowest BCUT2D eigenvalue weighted by Crippen LogP contribution is -2.17. The predicted molar refractivity (Wildman–Crippen MR) is 54.2 cm³/mol. The van der Waals surface area contributed by atoms with Gasteiger partial charge in [-0.1, -0.05) is 0 Å². The van der Waals surface area contributed by atoms with Gasteiger partial charge in [0.05, 0.1) is 0 Å². The number of aliphatic carboxylic acids is 1. The summed E-state index contributed by atoms with van der Waals surface area (Å²) in [4.78, 5) is 21.5. The molecule has 0 radical (unpaired) electrons. The molecule has 0 aliphatic carbocycles. The minimum Gasteiger partial charge on any atom is -0.478 e. The van der Waals surface area contributed by atoms with E-state index in [1.54, 1.807) is 0 Å². The van der Waals surface area contributed by atoms with Crippen molar-refractivity contribution < 1.29 is 32.6 Å². The van der Waals surface area contributed by atoms with Crippen molar-refractivity contribution >= 4 is 11.8 Å². The summed E-state index contributed by atoms with van der Waals surface area (Å²) in [5.41, 5.74) is 0.0574. The van der Waals surface area contributed by atoms with Crippen LogP contribution in [0.3, 0.4) is 0 Å². The summed E-state index contributed by atoms with van der Waals surface area (Å²) in [6.07, 6.45) is -3.35. The van der Waals surface area contributed by atoms with E-state index < -0.39 is 23.9 Å². The zero-order chi connectivity index (χ0) is 13.8. The summed E-state index contributed by atoms with van der Waals surface area (Å²) in [5, 5.41) is 8.30. The smallest absolute Gasteiger partial charge is 0.478 e. The number of rotatable bonds is 4. The summed E-state index contributed by atoms with van der Waals surface area (Å²) < 4.78 is 39.1. The molecule has 0 bridgehead atoms. The maximum absolute atomic E-state index is 11.8. The van der Waals surface area contributed by atoms with Crippen LogP contribution in [0.15, 0.2) is 36.4 Å². The number of carbonyl (C=O) groups excluding carboxylic acids is 1. The first-order chi connectivity index (χ1) is 8.28. The Bertz CT molecular complexity index is 474. The molecule has 0 heterocycles. The van der Waals surface area contributed by atoms with E-state index in [1.807, 2.05) is 0 Å². The lowest BCUT2D eigenvalue weighted by Gasteiger charge is -2.08. The van der Waals surface area contributed by atoms with Gasteiger partial charge >= 0.3 is 12.3 Å². The number of hydrogen-bond donors (Lipinski definition) is 1. The highest BCUT2D eigenvalue weighted by atomic mass is 19.4. The fourth-order valence-corrected chi connectivity index (χ4v) is 1.06. The van der Waals surface area contributed by atoms with Crippen LogP contribution in [0.2, 0.25) is 0 Å². The Labute approximate surface area is 99.3 Å². The highest BCUT2D eigenvalue weighted by molar-refractivity contribution is 6.06. The van der Waals surface area contributed by atoms with Gasteiger partial charge in [0.25, 0.3) is 0 Å². The molecule has 4 nitrogen and oxygen atoms in total. The topological polar surface area (TPSA) is 63.6 Å². The van der Waals surface area contributed by atoms with Gasteiger partial charge in [-0.05, 0) is 30.3 Å². The van der Waals surface area contributed by atoms with E-state index in [0.717, 1.165) is 30.3 Å². The van der Waals surface area contributed by atoms with Crippen molar-refractivity contribution in [2.75, 3.05) is 0 Å². The molecule has 1 aromatic rings. The number of halogens is 3. The molecule has 0 aliphatic heterocycles. The molecule has 18 heavy (non-hydrogen) atoms. The predicted octanol–water partition coefficient (Wildman–Crippen LogP) is 2.41. The van der Waals surface area contributed by atoms with Crippen LogP contribution in [0, 0.1) is 0 Å². The molecule has 0 unspecified atom stereocenters. The van der Waals surface area contributed by atoms with Crippen molar-refractivity contribution in [1.29, 1.82) is 0 Å². The first kappa shape index (κ1) is 13.8. The number of hydrogen-bond acceptors (Lipinski definition) is 3. The Morgan fingerprint density at radius 2 is 1.67 bits per heavy atom. The zero-order valence-corrected chi connectivity index (χ0v) is 8.77. The molecule has 0 atom stereocenters. The van der Waals surface area contributed by atoms with Crippen molar-refractivity contribution in [2.45, 2.75) is 6.36 Å². The summed E-state index contributed by atoms with van der Waals surface area (Å²) in [7, 11) is 0. The van der Waals surface area contributed by atoms with Crippen LogP contribution in [0.4, 0.5) is 13.2 Å². The molecule has 96 valence electrons. The highest BCUT2D eigenvalue weighted by Crippen LogP contribution is 2.22. The molecule has 7 heteroatoms. The van der Waals surface area contributed by atoms with Gasteiger partial charge in [0, 0.05) is 11.6 Å². The SMILES string of the molecule is O=C(O)C=CC(=O)c1ccc(OC(F)(F)F)cc1. The van der Waals surface area contributed by atoms with E-state index in [1.165, 1.54) is 0 Å². The first-order valence-electron chi connectivity index (χ1n) is 4.59. The maximum Gasteiger partial charge on any atom is 0.573 e. The van der Waals surface area contributed by atoms with Gasteiger partial charge < -0.3 is 9.84 Å². The van der Waals surface area contributed by atoms with Gasteiger partial charge in [0.1, 0.15) is 5.75 Å². The fourth-order valence-electron chi connectivity index (χ4n) is 1.06. The van der Waals surface area contributed by atoms with Gasteiger partial charge in [-0.2, -0.15) is 0 Å². The van der Waals surface area contributed by atoms with Gasteiger partial charge in [-0.25, -0.2) is 4.79 Å². The molecular weight excluding hydrogens is 253 g/mol. The van der Waals surface area contributed by atoms with Crippen LogP contribution in [0.25, 0.3) is 0 Å². The van der Waals surface area contributed by atoms with Gasteiger partial charge in [0.15, 0.2) is 5.78 Å². The molecule has 0 saturated carbocycles. The van der Waals surface area contributed by atoms with Crippen molar-refractivity contribution in [1.82, 2.24) is 0 Å². The van der Waals surface area contributed by atoms with E-state index in [2.05, 4.69) is 4.74 Å². The average Bonchev–Trinajstić information content (AvgIpc) is 2.24. The second kappa shape index (κ2) is 5.35. The molecular formula is C11H7F3O4. The molecule has 1 aromatic carbocycles. The number of ketones is 1. The summed E-state index contributed by atoms with van der Waals surface area (Å²) in [6.45, 7) is 0. The van der Waals surface area contributed by atoms with Crippen molar-refractivity contribution in [3.05, 3.63) is 42.0 Å². The number of carboxylic acid groups (broad SMARTS) is 1. The minimum absolute atomic E-state index is 0.0574. The molecule has 0 aliphatic rings. The molecule has 0 saturated heterocycles. The number of benzene rings is 1. The van der Waals surface area contributed by atoms with E-state index in [-0.39, 0.29) is 5.56 Å². The van der Waals surface area contributed by atoms with E-state index >= 15 is 0 Å². The van der Waals surface area contributed by atoms with Crippen LogP contribution in [0.1, 0.15) is 10.4 Å². The summed E-state index contributed by atoms with van der Waals surface area (Å²) in [6, 6.07) is 4.15. The fraction of sp³-hybridized carbons (Fsp3) is 0.0909.